The zero-order chi connectivity index (χ0) is 17.6. The van der Waals surface area contributed by atoms with Crippen molar-refractivity contribution in [2.24, 2.45) is 5.92 Å². The maximum absolute atomic E-state index is 12.5. The maximum atomic E-state index is 12.5. The molecule has 1 aromatic carbocycles. The van der Waals surface area contributed by atoms with E-state index in [0.717, 1.165) is 29.1 Å². The van der Waals surface area contributed by atoms with Crippen LogP contribution in [0.5, 0.6) is 0 Å². The molecule has 0 spiro atoms. The van der Waals surface area contributed by atoms with Gasteiger partial charge in [0.25, 0.3) is 0 Å². The van der Waals surface area contributed by atoms with Crippen molar-refractivity contribution in [1.82, 2.24) is 10.2 Å². The molecule has 7 heteroatoms. The fourth-order valence-corrected chi connectivity index (χ4v) is 3.93. The van der Waals surface area contributed by atoms with Crippen molar-refractivity contribution in [1.29, 1.82) is 0 Å². The second-order valence-electron chi connectivity index (χ2n) is 6.88. The summed E-state index contributed by atoms with van der Waals surface area (Å²) in [5.74, 6) is -0.00335. The van der Waals surface area contributed by atoms with E-state index < -0.39 is 0 Å². The fraction of sp³-hybridized carbons (Fsp3) is 0.444. The van der Waals surface area contributed by atoms with Crippen LogP contribution < -0.4 is 10.2 Å². The average Bonchev–Trinajstić information content (AvgIpc) is 3.21. The molecule has 0 bridgehead atoms. The molecule has 1 atom stereocenters. The molecular formula is C18H20N4O2S. The third-order valence-electron chi connectivity index (χ3n) is 4.90. The van der Waals surface area contributed by atoms with Gasteiger partial charge in [0.2, 0.25) is 16.9 Å². The summed E-state index contributed by atoms with van der Waals surface area (Å²) >= 11 is 1.44. The van der Waals surface area contributed by atoms with E-state index in [1.165, 1.54) is 16.9 Å². The largest absolute Gasteiger partial charge is 0.312 e. The van der Waals surface area contributed by atoms with Crippen LogP contribution in [0.25, 0.3) is 0 Å². The van der Waals surface area contributed by atoms with E-state index in [1.54, 1.807) is 4.90 Å². The summed E-state index contributed by atoms with van der Waals surface area (Å²) in [5, 5.41) is 12.5. The number of amides is 2. The number of aromatic nitrogens is 2. The molecule has 4 rings (SSSR count). The summed E-state index contributed by atoms with van der Waals surface area (Å²) in [6, 6.07) is 5.94. The van der Waals surface area contributed by atoms with Gasteiger partial charge in [-0.05, 0) is 49.9 Å². The maximum Gasteiger partial charge on any atom is 0.231 e. The van der Waals surface area contributed by atoms with E-state index in [2.05, 4.69) is 15.5 Å². The lowest BCUT2D eigenvalue weighted by Crippen LogP contribution is -2.28. The van der Waals surface area contributed by atoms with E-state index in [4.69, 9.17) is 0 Å². The van der Waals surface area contributed by atoms with E-state index in [-0.39, 0.29) is 24.2 Å². The number of anilines is 2. The van der Waals surface area contributed by atoms with Gasteiger partial charge >= 0.3 is 0 Å². The van der Waals surface area contributed by atoms with E-state index >= 15 is 0 Å². The first kappa shape index (κ1) is 16.2. The molecule has 2 amide bonds. The lowest BCUT2D eigenvalue weighted by molar-refractivity contribution is -0.122. The zero-order valence-electron chi connectivity index (χ0n) is 14.3. The van der Waals surface area contributed by atoms with Crippen molar-refractivity contribution >= 4 is 34.0 Å². The predicted molar refractivity (Wildman–Crippen MR) is 96.9 cm³/mol. The van der Waals surface area contributed by atoms with Crippen LogP contribution in [0.3, 0.4) is 0 Å². The molecule has 2 heterocycles. The highest BCUT2D eigenvalue weighted by Gasteiger charge is 2.36. The Bertz CT molecular complexity index is 843. The Labute approximate surface area is 150 Å². The average molecular weight is 356 g/mol. The second kappa shape index (κ2) is 6.22. The highest BCUT2D eigenvalue weighted by molar-refractivity contribution is 7.15. The summed E-state index contributed by atoms with van der Waals surface area (Å²) in [4.78, 5) is 26.6. The van der Waals surface area contributed by atoms with E-state index in [1.807, 2.05) is 32.0 Å². The second-order valence-corrected chi connectivity index (χ2v) is 7.89. The van der Waals surface area contributed by atoms with Gasteiger partial charge in [0, 0.05) is 24.6 Å². The molecule has 1 unspecified atom stereocenters. The lowest BCUT2D eigenvalue weighted by atomic mass is 10.1. The fourth-order valence-electron chi connectivity index (χ4n) is 3.01. The molecule has 0 radical (unpaired) electrons. The van der Waals surface area contributed by atoms with Gasteiger partial charge in [-0.2, -0.15) is 0 Å². The van der Waals surface area contributed by atoms with Crippen molar-refractivity contribution in [3.05, 3.63) is 34.3 Å². The van der Waals surface area contributed by atoms with Crippen molar-refractivity contribution in [2.75, 3.05) is 16.8 Å². The Balaban J connectivity index is 1.43. The molecule has 1 N–H and O–H groups in total. The third-order valence-corrected chi connectivity index (χ3v) is 5.90. The van der Waals surface area contributed by atoms with Crippen LogP contribution in [0.15, 0.2) is 18.2 Å². The molecule has 1 aromatic heterocycles. The summed E-state index contributed by atoms with van der Waals surface area (Å²) in [7, 11) is 0. The molecule has 1 aliphatic heterocycles. The van der Waals surface area contributed by atoms with Gasteiger partial charge in [-0.3, -0.25) is 9.59 Å². The summed E-state index contributed by atoms with van der Waals surface area (Å²) in [6.07, 6.45) is 2.54. The normalized spacial score (nSPS) is 20.2. The van der Waals surface area contributed by atoms with Crippen molar-refractivity contribution in [2.45, 2.75) is 39.0 Å². The molecule has 130 valence electrons. The first-order chi connectivity index (χ1) is 12.0. The number of carbonyl (C=O) groups is 2. The molecule has 2 aliphatic rings. The van der Waals surface area contributed by atoms with Crippen LogP contribution in [-0.2, 0) is 9.59 Å². The van der Waals surface area contributed by atoms with Crippen LogP contribution in [0.2, 0.25) is 0 Å². The van der Waals surface area contributed by atoms with Crippen LogP contribution >= 0.6 is 11.3 Å². The monoisotopic (exact) mass is 356 g/mol. The first-order valence-electron chi connectivity index (χ1n) is 8.53. The topological polar surface area (TPSA) is 75.2 Å². The molecule has 2 aromatic rings. The SMILES string of the molecule is Cc1ccc(N2CC(C(=O)Nc3nnc(C4CC4)s3)CC2=O)cc1C. The number of benzene rings is 1. The smallest absolute Gasteiger partial charge is 0.231 e. The summed E-state index contributed by atoms with van der Waals surface area (Å²) in [5.41, 5.74) is 3.18. The van der Waals surface area contributed by atoms with Gasteiger partial charge in [0.15, 0.2) is 0 Å². The number of nitrogens with zero attached hydrogens (tertiary/aromatic N) is 3. The first-order valence-corrected chi connectivity index (χ1v) is 9.35. The molecular weight excluding hydrogens is 336 g/mol. The standard InChI is InChI=1S/C18H20N4O2S/c1-10-3-6-14(7-11(10)2)22-9-13(8-15(22)23)16(24)19-18-21-20-17(25-18)12-4-5-12/h3,6-7,12-13H,4-5,8-9H2,1-2H3,(H,19,21,24). The molecule has 1 saturated carbocycles. The Morgan fingerprint density at radius 3 is 2.76 bits per heavy atom. The minimum atomic E-state index is -0.359. The molecule has 1 aliphatic carbocycles. The van der Waals surface area contributed by atoms with Gasteiger partial charge in [0.1, 0.15) is 5.01 Å². The minimum absolute atomic E-state index is 0.0145. The highest BCUT2D eigenvalue weighted by Crippen LogP contribution is 2.42. The number of nitrogens with one attached hydrogen (secondary N) is 1. The Hall–Kier alpha value is -2.28. The van der Waals surface area contributed by atoms with Gasteiger partial charge in [-0.1, -0.05) is 17.4 Å². The molecule has 25 heavy (non-hydrogen) atoms. The van der Waals surface area contributed by atoms with Gasteiger partial charge < -0.3 is 10.2 Å². The van der Waals surface area contributed by atoms with E-state index in [9.17, 15) is 9.59 Å². The molecule has 6 nitrogen and oxygen atoms in total. The molecule has 1 saturated heterocycles. The van der Waals surface area contributed by atoms with Crippen molar-refractivity contribution in [3.63, 3.8) is 0 Å². The Morgan fingerprint density at radius 1 is 1.24 bits per heavy atom. The number of carbonyl (C=O) groups excluding carboxylic acids is 2. The van der Waals surface area contributed by atoms with Gasteiger partial charge in [-0.25, -0.2) is 0 Å². The summed E-state index contributed by atoms with van der Waals surface area (Å²) < 4.78 is 0. The van der Waals surface area contributed by atoms with Crippen molar-refractivity contribution < 1.29 is 9.59 Å². The van der Waals surface area contributed by atoms with Crippen LogP contribution in [0.1, 0.15) is 41.3 Å². The van der Waals surface area contributed by atoms with Crippen LogP contribution in [0.4, 0.5) is 10.8 Å². The van der Waals surface area contributed by atoms with Gasteiger partial charge in [0.05, 0.1) is 5.92 Å². The Morgan fingerprint density at radius 2 is 2.04 bits per heavy atom. The lowest BCUT2D eigenvalue weighted by Gasteiger charge is -2.17. The number of aryl methyl sites for hydroxylation is 2. The number of hydrogen-bond acceptors (Lipinski definition) is 5. The van der Waals surface area contributed by atoms with Crippen molar-refractivity contribution in [3.8, 4) is 0 Å². The Kier molecular flexibility index (Phi) is 4.03. The minimum Gasteiger partial charge on any atom is -0.312 e. The molecule has 2 fully saturated rings. The van der Waals surface area contributed by atoms with Crippen LogP contribution in [-0.4, -0.2) is 28.6 Å². The number of rotatable bonds is 4. The summed E-state index contributed by atoms with van der Waals surface area (Å²) in [6.45, 7) is 4.47. The van der Waals surface area contributed by atoms with E-state index in [0.29, 0.717) is 17.6 Å². The highest BCUT2D eigenvalue weighted by atomic mass is 32.1. The van der Waals surface area contributed by atoms with Gasteiger partial charge in [-0.15, -0.1) is 10.2 Å². The van der Waals surface area contributed by atoms with Crippen LogP contribution in [0, 0.1) is 19.8 Å². The third kappa shape index (κ3) is 3.28. The zero-order valence-corrected chi connectivity index (χ0v) is 15.1. The number of hydrogen-bond donors (Lipinski definition) is 1. The quantitative estimate of drug-likeness (QED) is 0.914. The predicted octanol–water partition coefficient (Wildman–Crippen LogP) is 3.02.